The number of hydrogen-bond donors (Lipinski definition) is 1. The van der Waals surface area contributed by atoms with E-state index < -0.39 is 0 Å². The molecule has 0 spiro atoms. The number of hydroxylamine groups is 1. The maximum atomic E-state index is 4.61. The van der Waals surface area contributed by atoms with Crippen LogP contribution < -0.4 is 5.48 Å². The molecule has 0 aromatic heterocycles. The Balaban J connectivity index is 2.88. The van der Waals surface area contributed by atoms with E-state index in [1.165, 1.54) is 19.3 Å². The van der Waals surface area contributed by atoms with Crippen molar-refractivity contribution in [2.24, 2.45) is 0 Å². The van der Waals surface area contributed by atoms with Gasteiger partial charge < -0.3 is 0 Å². The Bertz CT molecular complexity index is 81.3. The lowest BCUT2D eigenvalue weighted by atomic mass is 10.2. The summed E-state index contributed by atoms with van der Waals surface area (Å²) in [4.78, 5) is 4.61. The second-order valence-corrected chi connectivity index (χ2v) is 2.22. The van der Waals surface area contributed by atoms with Gasteiger partial charge in [0.2, 0.25) is 0 Å². The predicted octanol–water partition coefficient (Wildman–Crippen LogP) is 2.23. The molecule has 2 heteroatoms. The highest BCUT2D eigenvalue weighted by Crippen LogP contribution is 1.98. The molecule has 0 saturated heterocycles. The van der Waals surface area contributed by atoms with Gasteiger partial charge in [-0.25, -0.2) is 0 Å². The molecule has 0 saturated carbocycles. The van der Waals surface area contributed by atoms with Crippen molar-refractivity contribution in [3.05, 3.63) is 12.3 Å². The van der Waals surface area contributed by atoms with Gasteiger partial charge in [0, 0.05) is 6.20 Å². The lowest BCUT2D eigenvalue weighted by Crippen LogP contribution is -1.99. The van der Waals surface area contributed by atoms with Crippen molar-refractivity contribution < 1.29 is 4.84 Å². The van der Waals surface area contributed by atoms with Crippen LogP contribution in [0.5, 0.6) is 0 Å². The summed E-state index contributed by atoms with van der Waals surface area (Å²) in [6, 6.07) is 0. The minimum atomic E-state index is 1.14. The molecule has 0 heterocycles. The third-order valence-corrected chi connectivity index (χ3v) is 1.28. The number of hydrogen-bond acceptors (Lipinski definition) is 2. The van der Waals surface area contributed by atoms with Crippen LogP contribution in [0.15, 0.2) is 12.3 Å². The molecule has 0 amide bonds. The van der Waals surface area contributed by atoms with E-state index in [1.54, 1.807) is 7.11 Å². The SMILES string of the molecule is CCCCCC=CNOC. The highest BCUT2D eigenvalue weighted by atomic mass is 16.6. The number of nitrogens with one attached hydrogen (secondary N) is 1. The van der Waals surface area contributed by atoms with E-state index in [0.717, 1.165) is 6.42 Å². The second-order valence-electron chi connectivity index (χ2n) is 2.22. The highest BCUT2D eigenvalue weighted by Gasteiger charge is 1.79. The van der Waals surface area contributed by atoms with Crippen LogP contribution in [0.1, 0.15) is 32.6 Å². The van der Waals surface area contributed by atoms with Crippen molar-refractivity contribution in [1.29, 1.82) is 0 Å². The van der Waals surface area contributed by atoms with Crippen molar-refractivity contribution in [3.63, 3.8) is 0 Å². The van der Waals surface area contributed by atoms with Gasteiger partial charge in [0.1, 0.15) is 0 Å². The molecular weight excluding hydrogens is 126 g/mol. The maximum Gasteiger partial charge on any atom is 0.0636 e. The van der Waals surface area contributed by atoms with Gasteiger partial charge in [0.15, 0.2) is 0 Å². The van der Waals surface area contributed by atoms with E-state index in [9.17, 15) is 0 Å². The standard InChI is InChI=1S/C8H17NO/c1-3-4-5-6-7-8-9-10-2/h7-9H,3-6H2,1-2H3. The Morgan fingerprint density at radius 3 is 2.80 bits per heavy atom. The normalized spacial score (nSPS) is 10.6. The largest absolute Gasteiger partial charge is 0.280 e. The quantitative estimate of drug-likeness (QED) is 0.455. The Kier molecular flexibility index (Phi) is 8.07. The van der Waals surface area contributed by atoms with Crippen LogP contribution in [0.25, 0.3) is 0 Å². The monoisotopic (exact) mass is 143 g/mol. The molecule has 0 fully saturated rings. The van der Waals surface area contributed by atoms with Crippen molar-refractivity contribution in [1.82, 2.24) is 5.48 Å². The van der Waals surface area contributed by atoms with Crippen molar-refractivity contribution in [2.75, 3.05) is 7.11 Å². The maximum absolute atomic E-state index is 4.61. The fourth-order valence-electron chi connectivity index (χ4n) is 0.712. The molecule has 0 aliphatic heterocycles. The zero-order valence-corrected chi connectivity index (χ0v) is 6.89. The van der Waals surface area contributed by atoms with Crippen LogP contribution in [0, 0.1) is 0 Å². The molecule has 10 heavy (non-hydrogen) atoms. The molecule has 0 bridgehead atoms. The van der Waals surface area contributed by atoms with E-state index in [0.29, 0.717) is 0 Å². The molecule has 60 valence electrons. The van der Waals surface area contributed by atoms with E-state index in [-0.39, 0.29) is 0 Å². The summed E-state index contributed by atoms with van der Waals surface area (Å²) in [5.74, 6) is 0. The van der Waals surface area contributed by atoms with Crippen LogP contribution in [0.4, 0.5) is 0 Å². The lowest BCUT2D eigenvalue weighted by molar-refractivity contribution is 0.128. The van der Waals surface area contributed by atoms with Gasteiger partial charge in [-0.3, -0.25) is 10.3 Å². The number of unbranched alkanes of at least 4 members (excludes halogenated alkanes) is 3. The summed E-state index contributed by atoms with van der Waals surface area (Å²) >= 11 is 0. The molecular formula is C8H17NO. The Morgan fingerprint density at radius 1 is 1.40 bits per heavy atom. The zero-order valence-electron chi connectivity index (χ0n) is 6.89. The minimum absolute atomic E-state index is 1.14. The third kappa shape index (κ3) is 7.50. The first-order valence-corrected chi connectivity index (χ1v) is 3.85. The average Bonchev–Trinajstić information content (AvgIpc) is 1.97. The molecule has 0 unspecified atom stereocenters. The fraction of sp³-hybridized carbons (Fsp3) is 0.750. The molecule has 1 N–H and O–H groups in total. The summed E-state index contributed by atoms with van der Waals surface area (Å²) in [6.07, 6.45) is 8.93. The molecule has 0 rings (SSSR count). The smallest absolute Gasteiger partial charge is 0.0636 e. The molecule has 0 atom stereocenters. The van der Waals surface area contributed by atoms with Gasteiger partial charge in [-0.15, -0.1) is 0 Å². The summed E-state index contributed by atoms with van der Waals surface area (Å²) in [7, 11) is 1.61. The first-order valence-electron chi connectivity index (χ1n) is 3.85. The Hall–Kier alpha value is -0.500. The first-order chi connectivity index (χ1) is 4.91. The van der Waals surface area contributed by atoms with Crippen LogP contribution in [0.3, 0.4) is 0 Å². The highest BCUT2D eigenvalue weighted by molar-refractivity contribution is 4.75. The third-order valence-electron chi connectivity index (χ3n) is 1.28. The van der Waals surface area contributed by atoms with Gasteiger partial charge in [0.25, 0.3) is 0 Å². The van der Waals surface area contributed by atoms with E-state index in [2.05, 4.69) is 23.3 Å². The van der Waals surface area contributed by atoms with Gasteiger partial charge in [-0.1, -0.05) is 25.8 Å². The van der Waals surface area contributed by atoms with Gasteiger partial charge in [-0.2, -0.15) is 0 Å². The van der Waals surface area contributed by atoms with E-state index in [4.69, 9.17) is 0 Å². The van der Waals surface area contributed by atoms with Crippen LogP contribution >= 0.6 is 0 Å². The fourth-order valence-corrected chi connectivity index (χ4v) is 0.712. The predicted molar refractivity (Wildman–Crippen MR) is 43.4 cm³/mol. The van der Waals surface area contributed by atoms with Gasteiger partial charge in [0.05, 0.1) is 7.11 Å². The van der Waals surface area contributed by atoms with Crippen LogP contribution in [-0.4, -0.2) is 7.11 Å². The van der Waals surface area contributed by atoms with Crippen molar-refractivity contribution >= 4 is 0 Å². The van der Waals surface area contributed by atoms with Gasteiger partial charge in [-0.05, 0) is 12.8 Å². The summed E-state index contributed by atoms with van der Waals surface area (Å²) in [5, 5.41) is 0. The Labute approximate surface area is 63.2 Å². The van der Waals surface area contributed by atoms with Crippen LogP contribution in [0.2, 0.25) is 0 Å². The first kappa shape index (κ1) is 9.50. The summed E-state index contributed by atoms with van der Waals surface area (Å²) in [5.41, 5.74) is 2.64. The summed E-state index contributed by atoms with van der Waals surface area (Å²) in [6.45, 7) is 2.21. The minimum Gasteiger partial charge on any atom is -0.280 e. The molecule has 0 aromatic carbocycles. The molecule has 0 aliphatic carbocycles. The zero-order chi connectivity index (χ0) is 7.66. The van der Waals surface area contributed by atoms with Crippen molar-refractivity contribution in [2.45, 2.75) is 32.6 Å². The van der Waals surface area contributed by atoms with Crippen LogP contribution in [-0.2, 0) is 4.84 Å². The molecule has 2 nitrogen and oxygen atoms in total. The topological polar surface area (TPSA) is 21.3 Å². The van der Waals surface area contributed by atoms with E-state index in [1.807, 2.05) is 6.20 Å². The Morgan fingerprint density at radius 2 is 2.20 bits per heavy atom. The molecule has 0 aromatic rings. The summed E-state index contributed by atoms with van der Waals surface area (Å²) < 4.78 is 0. The molecule has 0 aliphatic rings. The second kappa shape index (κ2) is 8.50. The molecule has 0 radical (unpaired) electrons. The number of rotatable bonds is 6. The van der Waals surface area contributed by atoms with E-state index >= 15 is 0 Å². The average molecular weight is 143 g/mol. The number of allylic oxidation sites excluding steroid dienone is 1. The lowest BCUT2D eigenvalue weighted by Gasteiger charge is -1.93. The van der Waals surface area contributed by atoms with Gasteiger partial charge >= 0.3 is 0 Å². The van der Waals surface area contributed by atoms with Crippen molar-refractivity contribution in [3.8, 4) is 0 Å².